The molecule has 0 saturated heterocycles. The van der Waals surface area contributed by atoms with Gasteiger partial charge in [0.2, 0.25) is 0 Å². The van der Waals surface area contributed by atoms with Gasteiger partial charge in [-0.25, -0.2) is 0 Å². The van der Waals surface area contributed by atoms with Crippen molar-refractivity contribution in [2.45, 2.75) is 6.18 Å². The van der Waals surface area contributed by atoms with Crippen LogP contribution in [-0.4, -0.2) is 9.13 Å². The fourth-order valence-corrected chi connectivity index (χ4v) is 8.62. The quantitative estimate of drug-likeness (QED) is 0.173. The SMILES string of the molecule is N#Cc1ccc(-c2ccc3c(c2)c2ccccc2n3-c2cc(C#N)cc(-n3c4ccccc4c4cc(-c5ccc(C#N)cc5)ccc43)c2-c2cc(C#N)cc(C(F)(F)F)c2)cc1. The van der Waals surface area contributed by atoms with Gasteiger partial charge < -0.3 is 9.13 Å². The van der Waals surface area contributed by atoms with E-state index >= 15 is 0 Å². The molecule has 0 unspecified atom stereocenters. The Morgan fingerprint density at radius 3 is 1.19 bits per heavy atom. The van der Waals surface area contributed by atoms with Crippen molar-refractivity contribution in [2.24, 2.45) is 0 Å². The maximum absolute atomic E-state index is 14.7. The normalized spacial score (nSPS) is 11.4. The van der Waals surface area contributed by atoms with E-state index in [1.54, 1.807) is 36.4 Å². The minimum Gasteiger partial charge on any atom is -0.308 e. The minimum atomic E-state index is -4.77. The van der Waals surface area contributed by atoms with Crippen molar-refractivity contribution >= 4 is 43.6 Å². The van der Waals surface area contributed by atoms with Crippen molar-refractivity contribution in [3.8, 4) is 69.0 Å². The molecular formula is C53H27F3N6. The summed E-state index contributed by atoms with van der Waals surface area (Å²) in [6, 6.07) is 57.4. The second-order valence-electron chi connectivity index (χ2n) is 15.0. The molecule has 6 nitrogen and oxygen atoms in total. The summed E-state index contributed by atoms with van der Waals surface area (Å²) in [6.45, 7) is 0. The highest BCUT2D eigenvalue weighted by molar-refractivity contribution is 6.13. The van der Waals surface area contributed by atoms with E-state index in [-0.39, 0.29) is 16.7 Å². The Morgan fingerprint density at radius 2 is 0.758 bits per heavy atom. The molecule has 0 fully saturated rings. The van der Waals surface area contributed by atoms with Crippen molar-refractivity contribution in [3.63, 3.8) is 0 Å². The third-order valence-electron chi connectivity index (χ3n) is 11.4. The number of para-hydroxylation sites is 2. The van der Waals surface area contributed by atoms with Crippen LogP contribution in [0.2, 0.25) is 0 Å². The second-order valence-corrected chi connectivity index (χ2v) is 15.0. The van der Waals surface area contributed by atoms with Crippen LogP contribution in [-0.2, 0) is 6.18 Å². The third-order valence-corrected chi connectivity index (χ3v) is 11.4. The molecule has 9 heteroatoms. The lowest BCUT2D eigenvalue weighted by Gasteiger charge is -2.22. The maximum atomic E-state index is 14.7. The van der Waals surface area contributed by atoms with Gasteiger partial charge in [0.15, 0.2) is 0 Å². The zero-order valence-electron chi connectivity index (χ0n) is 32.4. The van der Waals surface area contributed by atoms with Gasteiger partial charge in [0, 0.05) is 27.1 Å². The summed E-state index contributed by atoms with van der Waals surface area (Å²) in [5.41, 5.74) is 8.22. The summed E-state index contributed by atoms with van der Waals surface area (Å²) < 4.78 is 48.2. The fraction of sp³-hybridized carbons (Fsp3) is 0.0189. The van der Waals surface area contributed by atoms with E-state index in [9.17, 15) is 34.2 Å². The van der Waals surface area contributed by atoms with Crippen LogP contribution in [0.25, 0.3) is 88.4 Å². The molecular weight excluding hydrogens is 778 g/mol. The molecule has 0 saturated carbocycles. The van der Waals surface area contributed by atoms with Crippen LogP contribution in [0, 0.1) is 45.3 Å². The molecule has 62 heavy (non-hydrogen) atoms. The number of nitrogens with zero attached hydrogens (tertiary/aromatic N) is 6. The zero-order valence-corrected chi connectivity index (χ0v) is 32.4. The lowest BCUT2D eigenvalue weighted by Crippen LogP contribution is -2.08. The van der Waals surface area contributed by atoms with Crippen LogP contribution in [0.4, 0.5) is 13.2 Å². The van der Waals surface area contributed by atoms with Crippen molar-refractivity contribution in [1.82, 2.24) is 9.13 Å². The van der Waals surface area contributed by atoms with Crippen molar-refractivity contribution in [2.75, 3.05) is 0 Å². The van der Waals surface area contributed by atoms with Crippen LogP contribution in [0.1, 0.15) is 27.8 Å². The van der Waals surface area contributed by atoms with Gasteiger partial charge in [-0.15, -0.1) is 0 Å². The highest BCUT2D eigenvalue weighted by Crippen LogP contribution is 2.45. The van der Waals surface area contributed by atoms with Crippen LogP contribution in [0.5, 0.6) is 0 Å². The molecule has 10 aromatic rings. The molecule has 0 bridgehead atoms. The average molecular weight is 805 g/mol. The predicted octanol–water partition coefficient (Wildman–Crippen LogP) is 13.4. The predicted molar refractivity (Wildman–Crippen MR) is 235 cm³/mol. The Hall–Kier alpha value is -8.89. The maximum Gasteiger partial charge on any atom is 0.416 e. The summed E-state index contributed by atoms with van der Waals surface area (Å²) in [4.78, 5) is 0. The number of alkyl halides is 3. The molecule has 0 N–H and O–H groups in total. The van der Waals surface area contributed by atoms with Crippen molar-refractivity contribution in [3.05, 3.63) is 192 Å². The molecule has 10 rings (SSSR count). The fourth-order valence-electron chi connectivity index (χ4n) is 8.62. The Kier molecular flexibility index (Phi) is 8.70. The standard InChI is InChI=1S/C53H27F3N6/c54-53(55,56)41-22-34(30-59)21-40(25-41)52-50(61-46-7-3-1-5-42(46)44-26-38(17-19-48(44)61)36-13-9-32(28-57)10-14-36)23-35(31-60)24-51(52)62-47-8-4-2-6-43(47)45-27-39(18-20-49(45)62)37-15-11-33(29-58)12-16-37/h1-27H. The van der Waals surface area contributed by atoms with Gasteiger partial charge in [-0.3, -0.25) is 0 Å². The summed E-state index contributed by atoms with van der Waals surface area (Å²) >= 11 is 0. The zero-order chi connectivity index (χ0) is 42.7. The van der Waals surface area contributed by atoms with Gasteiger partial charge in [-0.1, -0.05) is 72.8 Å². The van der Waals surface area contributed by atoms with Gasteiger partial charge in [0.25, 0.3) is 0 Å². The topological polar surface area (TPSA) is 105 Å². The number of benzene rings is 8. The number of nitriles is 4. The molecule has 0 aliphatic rings. The van der Waals surface area contributed by atoms with Gasteiger partial charge in [-0.2, -0.15) is 34.2 Å². The molecule has 0 radical (unpaired) electrons. The molecule has 2 heterocycles. The second kappa shape index (κ2) is 14.4. The van der Waals surface area contributed by atoms with E-state index in [2.05, 4.69) is 30.3 Å². The molecule has 2 aromatic heterocycles. The Bertz CT molecular complexity index is 3460. The molecule has 0 spiro atoms. The van der Waals surface area contributed by atoms with Crippen LogP contribution in [0.3, 0.4) is 0 Å². The Morgan fingerprint density at radius 1 is 0.355 bits per heavy atom. The summed E-state index contributed by atoms with van der Waals surface area (Å²) in [5.74, 6) is 0. The first kappa shape index (κ1) is 37.4. The number of aromatic nitrogens is 2. The number of fused-ring (bicyclic) bond motifs is 6. The van der Waals surface area contributed by atoms with E-state index in [4.69, 9.17) is 0 Å². The highest BCUT2D eigenvalue weighted by atomic mass is 19.4. The summed E-state index contributed by atoms with van der Waals surface area (Å²) in [5, 5.41) is 43.2. The van der Waals surface area contributed by atoms with Crippen molar-refractivity contribution < 1.29 is 13.2 Å². The number of hydrogen-bond acceptors (Lipinski definition) is 4. The van der Waals surface area contributed by atoms with Gasteiger partial charge >= 0.3 is 6.18 Å². The highest BCUT2D eigenvalue weighted by Gasteiger charge is 2.33. The van der Waals surface area contributed by atoms with E-state index < -0.39 is 11.7 Å². The monoisotopic (exact) mass is 804 g/mol. The van der Waals surface area contributed by atoms with Crippen LogP contribution >= 0.6 is 0 Å². The Balaban J connectivity index is 1.33. The first-order valence-electron chi connectivity index (χ1n) is 19.5. The molecule has 0 amide bonds. The van der Waals surface area contributed by atoms with E-state index in [1.807, 2.05) is 112 Å². The van der Waals surface area contributed by atoms with Gasteiger partial charge in [-0.05, 0) is 119 Å². The lowest BCUT2D eigenvalue weighted by atomic mass is 9.94. The largest absolute Gasteiger partial charge is 0.416 e. The van der Waals surface area contributed by atoms with E-state index in [0.29, 0.717) is 28.1 Å². The number of hydrogen-bond donors (Lipinski definition) is 0. The molecule has 0 atom stereocenters. The first-order chi connectivity index (χ1) is 30.2. The number of halogens is 3. The lowest BCUT2D eigenvalue weighted by molar-refractivity contribution is -0.137. The number of rotatable bonds is 5. The van der Waals surface area contributed by atoms with Gasteiger partial charge in [0.1, 0.15) is 0 Å². The van der Waals surface area contributed by atoms with E-state index in [1.165, 1.54) is 6.07 Å². The molecule has 0 aliphatic heterocycles. The smallest absolute Gasteiger partial charge is 0.308 e. The molecule has 290 valence electrons. The Labute approximate surface area is 352 Å². The van der Waals surface area contributed by atoms with E-state index in [0.717, 1.165) is 78.0 Å². The van der Waals surface area contributed by atoms with Crippen LogP contribution in [0.15, 0.2) is 164 Å². The third kappa shape index (κ3) is 6.09. The summed E-state index contributed by atoms with van der Waals surface area (Å²) in [6.07, 6.45) is -4.77. The average Bonchev–Trinajstić information content (AvgIpc) is 3.82. The van der Waals surface area contributed by atoms with Crippen molar-refractivity contribution in [1.29, 1.82) is 21.0 Å². The van der Waals surface area contributed by atoms with Gasteiger partial charge in [0.05, 0.1) is 85.5 Å². The van der Waals surface area contributed by atoms with Crippen LogP contribution < -0.4 is 0 Å². The molecule has 0 aliphatic carbocycles. The minimum absolute atomic E-state index is 0.145. The molecule has 8 aromatic carbocycles. The first-order valence-corrected chi connectivity index (χ1v) is 19.5. The summed E-state index contributed by atoms with van der Waals surface area (Å²) in [7, 11) is 0.